The van der Waals surface area contributed by atoms with E-state index >= 15 is 0 Å². The zero-order valence-electron chi connectivity index (χ0n) is 14.4. The van der Waals surface area contributed by atoms with Gasteiger partial charge in [0.05, 0.1) is 6.42 Å². The van der Waals surface area contributed by atoms with Crippen LogP contribution in [-0.4, -0.2) is 60.0 Å². The molecule has 0 aromatic carbocycles. The highest BCUT2D eigenvalue weighted by molar-refractivity contribution is 5.81. The highest BCUT2D eigenvalue weighted by atomic mass is 16.6. The summed E-state index contributed by atoms with van der Waals surface area (Å²) in [5.41, 5.74) is -0.742. The molecule has 1 saturated heterocycles. The molecule has 0 aromatic rings. The van der Waals surface area contributed by atoms with Gasteiger partial charge in [0.2, 0.25) is 5.91 Å². The van der Waals surface area contributed by atoms with Gasteiger partial charge in [-0.05, 0) is 20.8 Å². The van der Waals surface area contributed by atoms with E-state index < -0.39 is 5.60 Å². The van der Waals surface area contributed by atoms with Crippen LogP contribution in [0.4, 0.5) is 0 Å². The lowest BCUT2D eigenvalue weighted by Crippen LogP contribution is -2.51. The van der Waals surface area contributed by atoms with Crippen molar-refractivity contribution in [1.29, 1.82) is 0 Å². The summed E-state index contributed by atoms with van der Waals surface area (Å²) in [4.78, 5) is 28.0. The fourth-order valence-electron chi connectivity index (χ4n) is 2.29. The van der Waals surface area contributed by atoms with Gasteiger partial charge in [0.15, 0.2) is 0 Å². The zero-order valence-corrected chi connectivity index (χ0v) is 14.4. The Kier molecular flexibility index (Phi) is 5.79. The molecule has 0 unspecified atom stereocenters. The average molecular weight is 298 g/mol. The smallest absolute Gasteiger partial charge is 0.307 e. The fraction of sp³-hybridized carbons (Fsp3) is 0.875. The second-order valence-corrected chi connectivity index (χ2v) is 7.72. The normalized spacial score (nSPS) is 17.7. The van der Waals surface area contributed by atoms with Crippen LogP contribution < -0.4 is 0 Å². The van der Waals surface area contributed by atoms with Crippen LogP contribution in [0.2, 0.25) is 0 Å². The zero-order chi connectivity index (χ0) is 16.3. The topological polar surface area (TPSA) is 49.9 Å². The molecule has 0 spiro atoms. The third-order valence-corrected chi connectivity index (χ3v) is 3.35. The highest BCUT2D eigenvalue weighted by Crippen LogP contribution is 2.18. The minimum absolute atomic E-state index is 0.157. The molecule has 1 aliphatic heterocycles. The Morgan fingerprint density at radius 2 is 1.48 bits per heavy atom. The SMILES string of the molecule is CC(C)(C)OC(=O)CCN1CCN(C(=O)C(C)(C)C)CC1. The van der Waals surface area contributed by atoms with E-state index in [9.17, 15) is 9.59 Å². The van der Waals surface area contributed by atoms with Gasteiger partial charge in [-0.25, -0.2) is 0 Å². The molecule has 1 rings (SSSR count). The van der Waals surface area contributed by atoms with E-state index in [0.717, 1.165) is 26.2 Å². The maximum atomic E-state index is 12.2. The Morgan fingerprint density at radius 3 is 1.90 bits per heavy atom. The predicted molar refractivity (Wildman–Crippen MR) is 82.9 cm³/mol. The summed E-state index contributed by atoms with van der Waals surface area (Å²) in [7, 11) is 0. The highest BCUT2D eigenvalue weighted by Gasteiger charge is 2.29. The molecular formula is C16H30N2O3. The van der Waals surface area contributed by atoms with Crippen molar-refractivity contribution < 1.29 is 14.3 Å². The van der Waals surface area contributed by atoms with Gasteiger partial charge < -0.3 is 9.64 Å². The van der Waals surface area contributed by atoms with Gasteiger partial charge in [-0.3, -0.25) is 14.5 Å². The fourth-order valence-corrected chi connectivity index (χ4v) is 2.29. The minimum atomic E-state index is -0.422. The summed E-state index contributed by atoms with van der Waals surface area (Å²) in [6, 6.07) is 0. The van der Waals surface area contributed by atoms with E-state index in [0.29, 0.717) is 13.0 Å². The van der Waals surface area contributed by atoms with Crippen molar-refractivity contribution in [1.82, 2.24) is 9.80 Å². The van der Waals surface area contributed by atoms with Gasteiger partial charge in [-0.1, -0.05) is 20.8 Å². The van der Waals surface area contributed by atoms with E-state index in [-0.39, 0.29) is 17.3 Å². The number of carbonyl (C=O) groups is 2. The Bertz CT molecular complexity index is 372. The molecule has 5 nitrogen and oxygen atoms in total. The van der Waals surface area contributed by atoms with Crippen molar-refractivity contribution >= 4 is 11.9 Å². The molecular weight excluding hydrogens is 268 g/mol. The third kappa shape index (κ3) is 6.46. The molecule has 0 radical (unpaired) electrons. The summed E-state index contributed by atoms with van der Waals surface area (Å²) < 4.78 is 5.30. The quantitative estimate of drug-likeness (QED) is 0.747. The third-order valence-electron chi connectivity index (χ3n) is 3.35. The summed E-state index contributed by atoms with van der Waals surface area (Å²) in [6.07, 6.45) is 0.407. The van der Waals surface area contributed by atoms with Crippen molar-refractivity contribution in [3.8, 4) is 0 Å². The number of esters is 1. The number of rotatable bonds is 3. The van der Waals surface area contributed by atoms with E-state index in [1.165, 1.54) is 0 Å². The molecule has 1 amide bonds. The first kappa shape index (κ1) is 18.0. The molecule has 0 aliphatic carbocycles. The average Bonchev–Trinajstić information content (AvgIpc) is 2.33. The van der Waals surface area contributed by atoms with Gasteiger partial charge in [-0.15, -0.1) is 0 Å². The standard InChI is InChI=1S/C16H30N2O3/c1-15(2,3)14(20)18-11-9-17(10-12-18)8-7-13(19)21-16(4,5)6/h7-12H2,1-6H3. The maximum absolute atomic E-state index is 12.2. The first-order valence-corrected chi connectivity index (χ1v) is 7.72. The molecule has 0 bridgehead atoms. The van der Waals surface area contributed by atoms with E-state index in [1.54, 1.807) is 0 Å². The van der Waals surface area contributed by atoms with Crippen LogP contribution in [-0.2, 0) is 14.3 Å². The molecule has 5 heteroatoms. The number of carbonyl (C=O) groups excluding carboxylic acids is 2. The maximum Gasteiger partial charge on any atom is 0.307 e. The van der Waals surface area contributed by atoms with Gasteiger partial charge in [0.1, 0.15) is 5.60 Å². The number of piperazine rings is 1. The van der Waals surface area contributed by atoms with Crippen molar-refractivity contribution in [3.63, 3.8) is 0 Å². The second-order valence-electron chi connectivity index (χ2n) is 7.72. The van der Waals surface area contributed by atoms with Gasteiger partial charge in [0.25, 0.3) is 0 Å². The van der Waals surface area contributed by atoms with Gasteiger partial charge in [-0.2, -0.15) is 0 Å². The summed E-state index contributed by atoms with van der Waals surface area (Å²) >= 11 is 0. The van der Waals surface area contributed by atoms with Crippen molar-refractivity contribution in [3.05, 3.63) is 0 Å². The lowest BCUT2D eigenvalue weighted by atomic mass is 9.94. The van der Waals surface area contributed by atoms with Gasteiger partial charge >= 0.3 is 5.97 Å². The number of hydrogen-bond donors (Lipinski definition) is 0. The first-order valence-electron chi connectivity index (χ1n) is 7.72. The number of amides is 1. The van der Waals surface area contributed by atoms with Crippen molar-refractivity contribution in [2.24, 2.45) is 5.41 Å². The van der Waals surface area contributed by atoms with E-state index in [4.69, 9.17) is 4.74 Å². The summed E-state index contributed by atoms with van der Waals surface area (Å²) in [5.74, 6) is 0.0463. The van der Waals surface area contributed by atoms with Crippen LogP contribution in [0.25, 0.3) is 0 Å². The molecule has 0 aromatic heterocycles. The number of ether oxygens (including phenoxy) is 1. The predicted octanol–water partition coefficient (Wildman–Crippen LogP) is 1.91. The lowest BCUT2D eigenvalue weighted by Gasteiger charge is -2.37. The Morgan fingerprint density at radius 1 is 0.952 bits per heavy atom. The minimum Gasteiger partial charge on any atom is -0.460 e. The molecule has 0 atom stereocenters. The van der Waals surface area contributed by atoms with Crippen LogP contribution >= 0.6 is 0 Å². The number of hydrogen-bond acceptors (Lipinski definition) is 4. The Hall–Kier alpha value is -1.10. The molecule has 1 fully saturated rings. The van der Waals surface area contributed by atoms with E-state index in [2.05, 4.69) is 4.90 Å². The first-order chi connectivity index (χ1) is 9.49. The van der Waals surface area contributed by atoms with Crippen molar-refractivity contribution in [2.75, 3.05) is 32.7 Å². The largest absolute Gasteiger partial charge is 0.460 e. The van der Waals surface area contributed by atoms with Crippen LogP contribution in [0, 0.1) is 5.41 Å². The van der Waals surface area contributed by atoms with Crippen LogP contribution in [0.5, 0.6) is 0 Å². The monoisotopic (exact) mass is 298 g/mol. The van der Waals surface area contributed by atoms with Crippen LogP contribution in [0.3, 0.4) is 0 Å². The summed E-state index contributed by atoms with van der Waals surface area (Å²) in [6.45, 7) is 15.3. The second kappa shape index (κ2) is 6.77. The molecule has 0 saturated carbocycles. The molecule has 0 N–H and O–H groups in total. The van der Waals surface area contributed by atoms with Gasteiger partial charge in [0, 0.05) is 38.1 Å². The molecule has 21 heavy (non-hydrogen) atoms. The van der Waals surface area contributed by atoms with Crippen LogP contribution in [0.15, 0.2) is 0 Å². The Balaban J connectivity index is 2.31. The Labute approximate surface area is 128 Å². The lowest BCUT2D eigenvalue weighted by molar-refractivity contribution is -0.155. The molecule has 1 aliphatic rings. The van der Waals surface area contributed by atoms with Crippen molar-refractivity contribution in [2.45, 2.75) is 53.6 Å². The molecule has 122 valence electrons. The van der Waals surface area contributed by atoms with Crippen LogP contribution in [0.1, 0.15) is 48.0 Å². The molecule has 1 heterocycles. The number of nitrogens with zero attached hydrogens (tertiary/aromatic N) is 2. The van der Waals surface area contributed by atoms with E-state index in [1.807, 2.05) is 46.4 Å². The summed E-state index contributed by atoms with van der Waals surface area (Å²) in [5, 5.41) is 0.